The van der Waals surface area contributed by atoms with E-state index in [-0.39, 0.29) is 30.8 Å². The summed E-state index contributed by atoms with van der Waals surface area (Å²) in [5.41, 5.74) is 4.20. The fraction of sp³-hybridized carbons (Fsp3) is 0.250. The molecule has 5 rings (SSSR count). The summed E-state index contributed by atoms with van der Waals surface area (Å²) in [5, 5.41) is 11.6. The number of imidazole rings is 1. The third-order valence-electron chi connectivity index (χ3n) is 7.02. The lowest BCUT2D eigenvalue weighted by Crippen LogP contribution is -2.26. The molecule has 1 heterocycles. The molecule has 0 radical (unpaired) electrons. The van der Waals surface area contributed by atoms with Gasteiger partial charge in [0.25, 0.3) is 5.91 Å². The molecule has 1 atom stereocenters. The SMILES string of the molecule is O=C(O)CCNC(=O)c1ccccc1SCc1c(O[C@H](Cn2ccnc2)c2ccccc2)ccc2c1CCCC2=O. The Balaban J connectivity index is 1.45. The number of carbonyl (C=O) groups is 3. The number of Topliss-reactive ketones (excluding diaryl/α,β-unsaturated/α-hetero) is 1. The number of carboxylic acids is 1. The summed E-state index contributed by atoms with van der Waals surface area (Å²) in [6, 6.07) is 21.1. The van der Waals surface area contributed by atoms with Crippen LogP contribution >= 0.6 is 11.8 Å². The molecule has 0 bridgehead atoms. The van der Waals surface area contributed by atoms with Crippen LogP contribution in [0.5, 0.6) is 5.75 Å². The van der Waals surface area contributed by atoms with Crippen molar-refractivity contribution in [2.45, 2.75) is 49.0 Å². The van der Waals surface area contributed by atoms with Gasteiger partial charge in [-0.15, -0.1) is 11.8 Å². The second kappa shape index (κ2) is 13.3. The minimum atomic E-state index is -0.967. The number of carboxylic acid groups (broad SMARTS) is 1. The Labute approximate surface area is 242 Å². The van der Waals surface area contributed by atoms with Crippen molar-refractivity contribution in [2.75, 3.05) is 6.54 Å². The van der Waals surface area contributed by atoms with E-state index >= 15 is 0 Å². The zero-order chi connectivity index (χ0) is 28.6. The van der Waals surface area contributed by atoms with E-state index in [0.29, 0.717) is 30.0 Å². The average Bonchev–Trinajstić information content (AvgIpc) is 3.50. The number of aromatic nitrogens is 2. The Morgan fingerprint density at radius 3 is 2.63 bits per heavy atom. The van der Waals surface area contributed by atoms with Crippen molar-refractivity contribution in [3.63, 3.8) is 0 Å². The van der Waals surface area contributed by atoms with Gasteiger partial charge >= 0.3 is 5.97 Å². The van der Waals surface area contributed by atoms with Gasteiger partial charge in [-0.2, -0.15) is 0 Å². The number of hydrogen-bond acceptors (Lipinski definition) is 6. The number of nitrogens with one attached hydrogen (secondary N) is 1. The van der Waals surface area contributed by atoms with Crippen molar-refractivity contribution in [3.8, 4) is 5.75 Å². The largest absolute Gasteiger partial charge is 0.484 e. The summed E-state index contributed by atoms with van der Waals surface area (Å²) in [6.07, 6.45) is 7.07. The fourth-order valence-corrected chi connectivity index (χ4v) is 6.08. The smallest absolute Gasteiger partial charge is 0.305 e. The molecule has 0 unspecified atom stereocenters. The fourth-order valence-electron chi connectivity index (χ4n) is 4.97. The highest BCUT2D eigenvalue weighted by Crippen LogP contribution is 2.38. The van der Waals surface area contributed by atoms with Crippen LogP contribution in [0.25, 0.3) is 0 Å². The van der Waals surface area contributed by atoms with Gasteiger partial charge in [-0.1, -0.05) is 42.5 Å². The molecule has 0 saturated heterocycles. The molecule has 1 aliphatic carbocycles. The predicted molar refractivity (Wildman–Crippen MR) is 156 cm³/mol. The molecule has 0 spiro atoms. The molecule has 2 N–H and O–H groups in total. The molecule has 8 nitrogen and oxygen atoms in total. The van der Waals surface area contributed by atoms with Gasteiger partial charge in [-0.25, -0.2) is 4.98 Å². The number of ketones is 1. The van der Waals surface area contributed by atoms with Crippen LogP contribution in [0.1, 0.15) is 62.8 Å². The molecular formula is C32H31N3O5S. The van der Waals surface area contributed by atoms with E-state index < -0.39 is 5.97 Å². The van der Waals surface area contributed by atoms with E-state index in [1.807, 2.05) is 65.4 Å². The van der Waals surface area contributed by atoms with Crippen LogP contribution < -0.4 is 10.1 Å². The number of fused-ring (bicyclic) bond motifs is 1. The van der Waals surface area contributed by atoms with Gasteiger partial charge in [-0.05, 0) is 48.2 Å². The van der Waals surface area contributed by atoms with Crippen LogP contribution in [-0.2, 0) is 23.5 Å². The van der Waals surface area contributed by atoms with Crippen molar-refractivity contribution < 1.29 is 24.2 Å². The Bertz CT molecular complexity index is 1520. The molecular weight excluding hydrogens is 538 g/mol. The highest BCUT2D eigenvalue weighted by atomic mass is 32.2. The topological polar surface area (TPSA) is 111 Å². The van der Waals surface area contributed by atoms with Crippen molar-refractivity contribution in [2.24, 2.45) is 0 Å². The van der Waals surface area contributed by atoms with Gasteiger partial charge in [-0.3, -0.25) is 14.4 Å². The second-order valence-corrected chi connectivity index (χ2v) is 10.8. The third kappa shape index (κ3) is 7.05. The first-order valence-electron chi connectivity index (χ1n) is 13.6. The zero-order valence-corrected chi connectivity index (χ0v) is 23.3. The quantitative estimate of drug-likeness (QED) is 0.210. The Morgan fingerprint density at radius 2 is 1.85 bits per heavy atom. The molecule has 4 aromatic rings. The number of thioether (sulfide) groups is 1. The standard InChI is InChI=1S/C32H31N3O5S/c36-27-11-6-10-23-24(27)13-14-28(40-29(19-35-18-17-33-21-35)22-7-2-1-3-8-22)26(23)20-41-30-12-5-4-9-25(30)32(39)34-16-15-31(37)38/h1-5,7-9,12-14,17-18,21,29H,6,10-11,15-16,19-20H2,(H,34,39)(H,37,38)/t29-/m1/s1. The maximum atomic E-state index is 12.9. The number of carbonyl (C=O) groups excluding carboxylic acids is 2. The number of ether oxygens (including phenoxy) is 1. The maximum Gasteiger partial charge on any atom is 0.305 e. The number of hydrogen-bond donors (Lipinski definition) is 2. The number of amides is 1. The van der Waals surface area contributed by atoms with Crippen molar-refractivity contribution in [1.82, 2.24) is 14.9 Å². The number of rotatable bonds is 12. The van der Waals surface area contributed by atoms with Crippen molar-refractivity contribution in [1.29, 1.82) is 0 Å². The van der Waals surface area contributed by atoms with Gasteiger partial charge < -0.3 is 19.7 Å². The van der Waals surface area contributed by atoms with E-state index in [0.717, 1.165) is 40.0 Å². The summed E-state index contributed by atoms with van der Waals surface area (Å²) in [7, 11) is 0. The lowest BCUT2D eigenvalue weighted by Gasteiger charge is -2.26. The predicted octanol–water partition coefficient (Wildman–Crippen LogP) is 5.72. The first kappa shape index (κ1) is 28.2. The molecule has 0 aliphatic heterocycles. The van der Waals surface area contributed by atoms with E-state index in [4.69, 9.17) is 9.84 Å². The van der Waals surface area contributed by atoms with Gasteiger partial charge in [0.1, 0.15) is 11.9 Å². The van der Waals surface area contributed by atoms with Crippen LogP contribution in [0.3, 0.4) is 0 Å². The number of nitrogens with zero attached hydrogens (tertiary/aromatic N) is 2. The van der Waals surface area contributed by atoms with Crippen LogP contribution in [0, 0.1) is 0 Å². The molecule has 210 valence electrons. The van der Waals surface area contributed by atoms with Gasteiger partial charge in [0, 0.05) is 47.1 Å². The minimum Gasteiger partial charge on any atom is -0.484 e. The summed E-state index contributed by atoms with van der Waals surface area (Å²) in [5.74, 6) is 0.0625. The van der Waals surface area contributed by atoms with E-state index in [1.165, 1.54) is 11.8 Å². The molecule has 3 aromatic carbocycles. The lowest BCUT2D eigenvalue weighted by molar-refractivity contribution is -0.136. The normalized spacial score (nSPS) is 13.3. The van der Waals surface area contributed by atoms with Crippen LogP contribution in [0.2, 0.25) is 0 Å². The first-order chi connectivity index (χ1) is 20.0. The van der Waals surface area contributed by atoms with Crippen molar-refractivity contribution >= 4 is 29.4 Å². The Morgan fingerprint density at radius 1 is 1.05 bits per heavy atom. The van der Waals surface area contributed by atoms with Crippen LogP contribution in [0.15, 0.2) is 90.3 Å². The molecule has 1 aromatic heterocycles. The molecule has 0 saturated carbocycles. The summed E-state index contributed by atoms with van der Waals surface area (Å²) in [4.78, 5) is 41.5. The third-order valence-corrected chi connectivity index (χ3v) is 8.12. The second-order valence-electron chi connectivity index (χ2n) is 9.81. The average molecular weight is 570 g/mol. The number of benzene rings is 3. The molecule has 41 heavy (non-hydrogen) atoms. The van der Waals surface area contributed by atoms with Gasteiger partial charge in [0.2, 0.25) is 0 Å². The first-order valence-corrected chi connectivity index (χ1v) is 14.5. The van der Waals surface area contributed by atoms with E-state index in [1.54, 1.807) is 24.7 Å². The van der Waals surface area contributed by atoms with Crippen molar-refractivity contribution in [3.05, 3.63) is 113 Å². The molecule has 1 amide bonds. The van der Waals surface area contributed by atoms with Gasteiger partial charge in [0.15, 0.2) is 5.78 Å². The molecule has 9 heteroatoms. The summed E-state index contributed by atoms with van der Waals surface area (Å²) in [6.45, 7) is 0.614. The molecule has 1 aliphatic rings. The zero-order valence-electron chi connectivity index (χ0n) is 22.5. The van der Waals surface area contributed by atoms with E-state index in [2.05, 4.69) is 10.3 Å². The monoisotopic (exact) mass is 569 g/mol. The van der Waals surface area contributed by atoms with E-state index in [9.17, 15) is 14.4 Å². The Kier molecular flexibility index (Phi) is 9.15. The molecule has 0 fully saturated rings. The van der Waals surface area contributed by atoms with Crippen LogP contribution in [0.4, 0.5) is 0 Å². The minimum absolute atomic E-state index is 0.0528. The van der Waals surface area contributed by atoms with Crippen LogP contribution in [-0.4, -0.2) is 38.9 Å². The lowest BCUT2D eigenvalue weighted by atomic mass is 9.87. The Hall–Kier alpha value is -4.37. The highest BCUT2D eigenvalue weighted by molar-refractivity contribution is 7.98. The summed E-state index contributed by atoms with van der Waals surface area (Å²) >= 11 is 1.50. The highest BCUT2D eigenvalue weighted by Gasteiger charge is 2.25. The van der Waals surface area contributed by atoms with Gasteiger partial charge in [0.05, 0.1) is 24.9 Å². The summed E-state index contributed by atoms with van der Waals surface area (Å²) < 4.78 is 8.72. The number of aliphatic carboxylic acids is 1. The maximum absolute atomic E-state index is 12.9.